The summed E-state index contributed by atoms with van der Waals surface area (Å²) in [6.45, 7) is 9.18. The van der Waals surface area contributed by atoms with Gasteiger partial charge >= 0.3 is 0 Å². The quantitative estimate of drug-likeness (QED) is 0.670. The third-order valence-corrected chi connectivity index (χ3v) is 9.07. The molecule has 7 rings (SSSR count). The van der Waals surface area contributed by atoms with Gasteiger partial charge < -0.3 is 25.0 Å². The first-order chi connectivity index (χ1) is 13.6. The Hall–Kier alpha value is -1.56. The fraction of sp³-hybridized carbons (Fsp3) is 0.667. The van der Waals surface area contributed by atoms with Crippen LogP contribution >= 0.6 is 0 Å². The molecule has 3 unspecified atom stereocenters. The second kappa shape index (κ2) is 5.01. The highest BCUT2D eigenvalue weighted by Crippen LogP contribution is 2.73. The number of methoxy groups -OCH3 is 1. The average Bonchev–Trinajstić information content (AvgIpc) is 2.96. The molecule has 5 heteroatoms. The largest absolute Gasteiger partial charge is 0.504 e. The molecule has 6 aliphatic rings. The molecule has 1 aromatic carbocycles. The summed E-state index contributed by atoms with van der Waals surface area (Å²) in [5.74, 6) is 0.744. The smallest absolute Gasteiger partial charge is 0.166 e. The maximum Gasteiger partial charge on any atom is 0.166 e. The minimum atomic E-state index is -0.944. The molecule has 1 aromatic rings. The van der Waals surface area contributed by atoms with E-state index in [4.69, 9.17) is 9.47 Å². The van der Waals surface area contributed by atoms with Crippen LogP contribution in [0.5, 0.6) is 11.5 Å². The molecular formula is C24H31NO4. The average molecular weight is 398 g/mol. The highest BCUT2D eigenvalue weighted by Gasteiger charge is 2.78. The van der Waals surface area contributed by atoms with E-state index in [1.807, 2.05) is 6.92 Å². The summed E-state index contributed by atoms with van der Waals surface area (Å²) < 4.78 is 12.9. The number of rotatable bonds is 2. The summed E-state index contributed by atoms with van der Waals surface area (Å²) in [7, 11) is 1.76. The maximum atomic E-state index is 11.8. The zero-order valence-corrected chi connectivity index (χ0v) is 17.9. The molecule has 156 valence electrons. The molecule has 2 fully saturated rings. The lowest BCUT2D eigenvalue weighted by molar-refractivity contribution is -0.242. The van der Waals surface area contributed by atoms with Crippen LogP contribution in [0.15, 0.2) is 23.3 Å². The SMILES string of the molecule is CO[C@@]12CC(=C3C4Cc5ccc(O)c6c5C3(CCN4)C1O6)[C@@H]2[C@@](C)(O)C(C)(C)C. The van der Waals surface area contributed by atoms with Gasteiger partial charge in [0.15, 0.2) is 11.5 Å². The van der Waals surface area contributed by atoms with Crippen molar-refractivity contribution in [1.29, 1.82) is 0 Å². The molecule has 1 saturated heterocycles. The van der Waals surface area contributed by atoms with Gasteiger partial charge in [-0.05, 0) is 48.9 Å². The van der Waals surface area contributed by atoms with Crippen molar-refractivity contribution in [3.63, 3.8) is 0 Å². The zero-order valence-electron chi connectivity index (χ0n) is 17.9. The van der Waals surface area contributed by atoms with Crippen LogP contribution in [0, 0.1) is 11.3 Å². The second-order valence-electron chi connectivity index (χ2n) is 11.0. The van der Waals surface area contributed by atoms with Crippen LogP contribution in [0.3, 0.4) is 0 Å². The molecule has 0 amide bonds. The molecule has 1 saturated carbocycles. The van der Waals surface area contributed by atoms with E-state index in [2.05, 4.69) is 32.2 Å². The lowest BCUT2D eigenvalue weighted by Gasteiger charge is -2.69. The minimum Gasteiger partial charge on any atom is -0.504 e. The first-order valence-electron chi connectivity index (χ1n) is 10.9. The number of hydrogen-bond acceptors (Lipinski definition) is 5. The molecule has 0 radical (unpaired) electrons. The molecule has 1 spiro atoms. The number of phenolic OH excluding ortho intramolecular Hbond substituents is 1. The van der Waals surface area contributed by atoms with E-state index in [9.17, 15) is 10.2 Å². The summed E-state index contributed by atoms with van der Waals surface area (Å²) in [5.41, 5.74) is 3.14. The Kier molecular flexibility index (Phi) is 3.15. The normalized spacial score (nSPS) is 40.7. The first kappa shape index (κ1) is 18.2. The number of hydrogen-bond donors (Lipinski definition) is 3. The van der Waals surface area contributed by atoms with Crippen molar-refractivity contribution in [2.24, 2.45) is 11.3 Å². The van der Waals surface area contributed by atoms with Gasteiger partial charge in [0, 0.05) is 31.1 Å². The number of nitrogens with one attached hydrogen (secondary N) is 1. The van der Waals surface area contributed by atoms with Gasteiger partial charge in [0.05, 0.1) is 11.0 Å². The van der Waals surface area contributed by atoms with Crippen molar-refractivity contribution in [3.05, 3.63) is 34.4 Å². The fourth-order valence-electron chi connectivity index (χ4n) is 7.39. The van der Waals surface area contributed by atoms with Gasteiger partial charge in [-0.3, -0.25) is 0 Å². The summed E-state index contributed by atoms with van der Waals surface area (Å²) >= 11 is 0. The van der Waals surface area contributed by atoms with Gasteiger partial charge in [-0.25, -0.2) is 0 Å². The van der Waals surface area contributed by atoms with Crippen LogP contribution in [0.2, 0.25) is 0 Å². The van der Waals surface area contributed by atoms with Crippen LogP contribution in [0.25, 0.3) is 0 Å². The van der Waals surface area contributed by atoms with Gasteiger partial charge in [-0.2, -0.15) is 0 Å². The number of phenols is 1. The van der Waals surface area contributed by atoms with E-state index in [1.54, 1.807) is 13.2 Å². The molecule has 5 nitrogen and oxygen atoms in total. The minimum absolute atomic E-state index is 0.117. The Balaban J connectivity index is 1.67. The van der Waals surface area contributed by atoms with Crippen molar-refractivity contribution < 1.29 is 19.7 Å². The summed E-state index contributed by atoms with van der Waals surface area (Å²) in [6, 6.07) is 4.09. The molecule has 29 heavy (non-hydrogen) atoms. The van der Waals surface area contributed by atoms with Crippen LogP contribution in [0.1, 0.15) is 51.7 Å². The van der Waals surface area contributed by atoms with Crippen molar-refractivity contribution >= 4 is 0 Å². The molecule has 4 bridgehead atoms. The van der Waals surface area contributed by atoms with Crippen molar-refractivity contribution in [1.82, 2.24) is 5.32 Å². The molecular weight excluding hydrogens is 366 g/mol. The third-order valence-electron chi connectivity index (χ3n) is 9.07. The maximum absolute atomic E-state index is 11.8. The van der Waals surface area contributed by atoms with Gasteiger partial charge in [-0.15, -0.1) is 0 Å². The predicted molar refractivity (Wildman–Crippen MR) is 109 cm³/mol. The molecule has 2 heterocycles. The van der Waals surface area contributed by atoms with Gasteiger partial charge in [-0.1, -0.05) is 32.4 Å². The standard InChI is InChI=1S/C24H31NO4/c1-21(2,3)22(4,27)19-13-11-24(19,28-5)20-23-8-9-25-14(17(13)23)10-12-6-7-15(26)18(29-20)16(12)23/h6-7,14,19-20,25-27H,8-11H2,1-5H3/t14?,19-,20?,22-,23?,24-/m1/s1. The molecule has 3 N–H and O–H groups in total. The monoisotopic (exact) mass is 397 g/mol. The lowest BCUT2D eigenvalue weighted by Crippen LogP contribution is -2.78. The van der Waals surface area contributed by atoms with Crippen LogP contribution in [-0.4, -0.2) is 47.2 Å². The van der Waals surface area contributed by atoms with Gasteiger partial charge in [0.2, 0.25) is 0 Å². The number of aliphatic hydroxyl groups is 1. The highest BCUT2D eigenvalue weighted by atomic mass is 16.6. The summed E-state index contributed by atoms with van der Waals surface area (Å²) in [5, 5.41) is 26.2. The van der Waals surface area contributed by atoms with Crippen LogP contribution < -0.4 is 10.1 Å². The molecule has 4 aliphatic carbocycles. The van der Waals surface area contributed by atoms with E-state index < -0.39 is 11.2 Å². The Labute approximate surface area is 172 Å². The van der Waals surface area contributed by atoms with Gasteiger partial charge in [0.25, 0.3) is 0 Å². The van der Waals surface area contributed by atoms with E-state index in [1.165, 1.54) is 22.3 Å². The Morgan fingerprint density at radius 2 is 2.00 bits per heavy atom. The molecule has 0 aromatic heterocycles. The van der Waals surface area contributed by atoms with Crippen molar-refractivity contribution in [2.75, 3.05) is 13.7 Å². The topological polar surface area (TPSA) is 71.0 Å². The number of benzene rings is 1. The van der Waals surface area contributed by atoms with Crippen LogP contribution in [0.4, 0.5) is 0 Å². The van der Waals surface area contributed by atoms with Crippen LogP contribution in [-0.2, 0) is 16.6 Å². The van der Waals surface area contributed by atoms with E-state index >= 15 is 0 Å². The summed E-state index contributed by atoms with van der Waals surface area (Å²) in [6.07, 6.45) is 2.42. The number of piperidine rings is 1. The first-order valence-corrected chi connectivity index (χ1v) is 10.9. The Bertz CT molecular complexity index is 974. The fourth-order valence-corrected chi connectivity index (χ4v) is 7.39. The zero-order chi connectivity index (χ0) is 20.6. The van der Waals surface area contributed by atoms with Crippen molar-refractivity contribution in [3.8, 4) is 11.5 Å². The van der Waals surface area contributed by atoms with E-state index in [0.717, 1.165) is 25.8 Å². The molecule has 2 aliphatic heterocycles. The van der Waals surface area contributed by atoms with Crippen molar-refractivity contribution in [2.45, 2.75) is 75.7 Å². The Morgan fingerprint density at radius 1 is 1.24 bits per heavy atom. The predicted octanol–water partition coefficient (Wildman–Crippen LogP) is 2.82. The number of aromatic hydroxyl groups is 1. The third kappa shape index (κ3) is 1.73. The summed E-state index contributed by atoms with van der Waals surface area (Å²) in [4.78, 5) is 0. The molecule has 6 atom stereocenters. The Morgan fingerprint density at radius 3 is 2.69 bits per heavy atom. The highest BCUT2D eigenvalue weighted by molar-refractivity contribution is 5.69. The van der Waals surface area contributed by atoms with E-state index in [0.29, 0.717) is 5.75 Å². The number of ether oxygens (including phenoxy) is 2. The van der Waals surface area contributed by atoms with E-state index in [-0.39, 0.29) is 34.6 Å². The lowest BCUT2D eigenvalue weighted by atomic mass is 9.39. The second-order valence-corrected chi connectivity index (χ2v) is 11.0. The van der Waals surface area contributed by atoms with Gasteiger partial charge in [0.1, 0.15) is 11.7 Å².